The van der Waals surface area contributed by atoms with Crippen LogP contribution in [-0.4, -0.2) is 71.6 Å². The summed E-state index contributed by atoms with van der Waals surface area (Å²) in [7, 11) is -4.98. The zero-order chi connectivity index (χ0) is 28.2. The van der Waals surface area contributed by atoms with Gasteiger partial charge < -0.3 is 25.8 Å². The first-order valence-electron chi connectivity index (χ1n) is 12.5. The predicted octanol–water partition coefficient (Wildman–Crippen LogP) is 1.95. The van der Waals surface area contributed by atoms with Gasteiger partial charge in [-0.25, -0.2) is 13.6 Å². The molecule has 1 aliphatic carbocycles. The van der Waals surface area contributed by atoms with Gasteiger partial charge in [0.15, 0.2) is 0 Å². The monoisotopic (exact) mass is 555 g/mol. The number of nitrogens with one attached hydrogen (secondary N) is 3. The van der Waals surface area contributed by atoms with Gasteiger partial charge in [0.05, 0.1) is 6.04 Å². The summed E-state index contributed by atoms with van der Waals surface area (Å²) in [5.74, 6) is -5.04. The highest BCUT2D eigenvalue weighted by atomic mass is 32.2. The summed E-state index contributed by atoms with van der Waals surface area (Å²) in [4.78, 5) is 37.8. The van der Waals surface area contributed by atoms with E-state index in [4.69, 9.17) is 4.74 Å². The Morgan fingerprint density at radius 3 is 2.27 bits per heavy atom. The lowest BCUT2D eigenvalue weighted by atomic mass is 9.77. The highest BCUT2D eigenvalue weighted by Gasteiger charge is 2.43. The molecule has 1 heterocycles. The van der Waals surface area contributed by atoms with Crippen LogP contribution < -0.4 is 16.0 Å². The quantitative estimate of drug-likeness (QED) is 0.241. The number of amides is 3. The number of rotatable bonds is 11. The van der Waals surface area contributed by atoms with Crippen molar-refractivity contribution in [1.82, 2.24) is 16.0 Å². The minimum atomic E-state index is -4.98. The fourth-order valence-corrected chi connectivity index (χ4v) is 5.44. The molecule has 1 saturated carbocycles. The second-order valence-electron chi connectivity index (χ2n) is 11.0. The molecule has 1 saturated heterocycles. The third-order valence-corrected chi connectivity index (χ3v) is 7.99. The fraction of sp³-hybridized carbons (Fsp3) is 0.870. The van der Waals surface area contributed by atoms with E-state index in [1.165, 1.54) is 0 Å². The molecule has 2 rings (SSSR count). The molecule has 3 amide bonds. The van der Waals surface area contributed by atoms with E-state index in [0.717, 1.165) is 0 Å². The topological polar surface area (TPSA) is 171 Å². The lowest BCUT2D eigenvalue weighted by molar-refractivity contribution is -0.126. The molecule has 1 aliphatic heterocycles. The lowest BCUT2D eigenvalue weighted by Gasteiger charge is -2.38. The summed E-state index contributed by atoms with van der Waals surface area (Å²) in [6.45, 7) is 7.15. The molecule has 0 spiro atoms. The minimum absolute atomic E-state index is 0.102. The summed E-state index contributed by atoms with van der Waals surface area (Å²) < 4.78 is 65.2. The number of aliphatic hydroxyl groups excluding tert-OH is 1. The number of halogens is 2. The standard InChI is InChI=1S/C23H39F2N3O8S/c1-13(2)11-16(28-21(32)36-22(3,4)15-5-8-23(24,25)9-6-15)19(30)27-17(20(31)37(33,34)35)12-14-7-10-26-18(14)29/h13-17,20,31H,5-12H2,1-4H3,(H,26,29)(H,27,30)(H,28,32)(H,33,34,35)/t14?,16?,17-,20?/m0/s1. The molecule has 2 fully saturated rings. The fourth-order valence-electron chi connectivity index (χ4n) is 4.85. The average Bonchev–Trinajstić information content (AvgIpc) is 3.14. The Hall–Kier alpha value is -2.06. The van der Waals surface area contributed by atoms with Crippen LogP contribution in [0.1, 0.15) is 72.6 Å². The molecule has 0 radical (unpaired) electrons. The Kier molecular flexibility index (Phi) is 10.3. The summed E-state index contributed by atoms with van der Waals surface area (Å²) in [6.07, 6.45) is -0.995. The lowest BCUT2D eigenvalue weighted by Crippen LogP contribution is -2.55. The molecule has 5 N–H and O–H groups in total. The first kappa shape index (κ1) is 31.2. The summed E-state index contributed by atoms with van der Waals surface area (Å²) in [6, 6.07) is -2.73. The number of hydrogen-bond donors (Lipinski definition) is 5. The predicted molar refractivity (Wildman–Crippen MR) is 129 cm³/mol. The van der Waals surface area contributed by atoms with E-state index in [0.29, 0.717) is 13.0 Å². The number of carbonyl (C=O) groups is 3. The van der Waals surface area contributed by atoms with Crippen molar-refractivity contribution in [2.75, 3.05) is 6.54 Å². The van der Waals surface area contributed by atoms with Crippen LogP contribution in [0.4, 0.5) is 13.6 Å². The third kappa shape index (κ3) is 9.32. The molecular weight excluding hydrogens is 516 g/mol. The summed E-state index contributed by atoms with van der Waals surface area (Å²) in [5.41, 5.74) is -3.47. The average molecular weight is 556 g/mol. The van der Waals surface area contributed by atoms with Gasteiger partial charge in [0.25, 0.3) is 10.1 Å². The van der Waals surface area contributed by atoms with Crippen LogP contribution in [0.25, 0.3) is 0 Å². The molecule has 37 heavy (non-hydrogen) atoms. The molecule has 0 bridgehead atoms. The first-order valence-corrected chi connectivity index (χ1v) is 14.0. The Labute approximate surface area is 216 Å². The highest BCUT2D eigenvalue weighted by molar-refractivity contribution is 7.86. The van der Waals surface area contributed by atoms with Gasteiger partial charge in [0, 0.05) is 25.3 Å². The Morgan fingerprint density at radius 2 is 1.78 bits per heavy atom. The molecule has 4 atom stereocenters. The number of alkyl carbamates (subject to hydrolysis) is 1. The van der Waals surface area contributed by atoms with E-state index < -0.39 is 57.1 Å². The van der Waals surface area contributed by atoms with Gasteiger partial charge >= 0.3 is 6.09 Å². The minimum Gasteiger partial charge on any atom is -0.443 e. The molecule has 14 heteroatoms. The van der Waals surface area contributed by atoms with E-state index in [1.54, 1.807) is 27.7 Å². The molecule has 2 aliphatic rings. The number of aliphatic hydroxyl groups is 1. The van der Waals surface area contributed by atoms with Crippen LogP contribution in [0.15, 0.2) is 0 Å². The van der Waals surface area contributed by atoms with E-state index in [-0.39, 0.29) is 56.3 Å². The second-order valence-corrected chi connectivity index (χ2v) is 12.5. The van der Waals surface area contributed by atoms with E-state index >= 15 is 0 Å². The molecule has 214 valence electrons. The Morgan fingerprint density at radius 1 is 1.19 bits per heavy atom. The second kappa shape index (κ2) is 12.2. The van der Waals surface area contributed by atoms with Gasteiger partial charge in [-0.15, -0.1) is 0 Å². The zero-order valence-electron chi connectivity index (χ0n) is 21.6. The molecule has 3 unspecified atom stereocenters. The van der Waals surface area contributed by atoms with Crippen LogP contribution in [0.5, 0.6) is 0 Å². The van der Waals surface area contributed by atoms with Gasteiger partial charge in [-0.3, -0.25) is 14.1 Å². The third-order valence-electron chi connectivity index (χ3n) is 7.05. The number of carbonyl (C=O) groups excluding carboxylic acids is 3. The van der Waals surface area contributed by atoms with Crippen LogP contribution >= 0.6 is 0 Å². The summed E-state index contributed by atoms with van der Waals surface area (Å²) >= 11 is 0. The van der Waals surface area contributed by atoms with Gasteiger partial charge in [-0.05, 0) is 57.8 Å². The van der Waals surface area contributed by atoms with Crippen molar-refractivity contribution < 1.29 is 46.0 Å². The number of hydrogen-bond acceptors (Lipinski definition) is 7. The van der Waals surface area contributed by atoms with Crippen LogP contribution in [0, 0.1) is 17.8 Å². The SMILES string of the molecule is CC(C)CC(NC(=O)OC(C)(C)C1CCC(F)(F)CC1)C(=O)N[C@@H](CC1CCNC1=O)C(O)S(=O)(=O)O. The normalized spacial score (nSPS) is 23.2. The molecule has 0 aromatic rings. The van der Waals surface area contributed by atoms with Gasteiger partial charge in [0.2, 0.25) is 23.2 Å². The van der Waals surface area contributed by atoms with Gasteiger partial charge in [0.1, 0.15) is 11.6 Å². The van der Waals surface area contributed by atoms with Crippen LogP contribution in [0.3, 0.4) is 0 Å². The van der Waals surface area contributed by atoms with Crippen LogP contribution in [0.2, 0.25) is 0 Å². The van der Waals surface area contributed by atoms with E-state index in [2.05, 4.69) is 16.0 Å². The number of ether oxygens (including phenoxy) is 1. The largest absolute Gasteiger partial charge is 0.443 e. The van der Waals surface area contributed by atoms with E-state index in [1.807, 2.05) is 0 Å². The molecular formula is C23H39F2N3O8S. The van der Waals surface area contributed by atoms with Gasteiger partial charge in [-0.2, -0.15) is 8.42 Å². The first-order chi connectivity index (χ1) is 16.9. The highest BCUT2D eigenvalue weighted by Crippen LogP contribution is 2.41. The van der Waals surface area contributed by atoms with Crippen molar-refractivity contribution in [3.63, 3.8) is 0 Å². The molecule has 0 aromatic heterocycles. The van der Waals surface area contributed by atoms with Crippen molar-refractivity contribution >= 4 is 28.0 Å². The van der Waals surface area contributed by atoms with Crippen molar-refractivity contribution in [3.05, 3.63) is 0 Å². The maximum atomic E-state index is 13.5. The number of alkyl halides is 2. The Bertz CT molecular complexity index is 934. The van der Waals surface area contributed by atoms with Crippen molar-refractivity contribution in [3.8, 4) is 0 Å². The van der Waals surface area contributed by atoms with Crippen molar-refractivity contribution in [1.29, 1.82) is 0 Å². The maximum absolute atomic E-state index is 13.5. The maximum Gasteiger partial charge on any atom is 0.408 e. The molecule has 11 nitrogen and oxygen atoms in total. The summed E-state index contributed by atoms with van der Waals surface area (Å²) in [5, 5.41) is 17.6. The molecule has 0 aromatic carbocycles. The van der Waals surface area contributed by atoms with E-state index in [9.17, 15) is 41.2 Å². The van der Waals surface area contributed by atoms with Crippen molar-refractivity contribution in [2.45, 2.75) is 102 Å². The van der Waals surface area contributed by atoms with Crippen LogP contribution in [-0.2, 0) is 24.4 Å². The van der Waals surface area contributed by atoms with Crippen molar-refractivity contribution in [2.24, 2.45) is 17.8 Å². The Balaban J connectivity index is 2.11. The van der Waals surface area contributed by atoms with Gasteiger partial charge in [-0.1, -0.05) is 13.8 Å². The zero-order valence-corrected chi connectivity index (χ0v) is 22.4. The smallest absolute Gasteiger partial charge is 0.408 e.